The van der Waals surface area contributed by atoms with Crippen molar-refractivity contribution < 1.29 is 19.1 Å². The Balaban J connectivity index is 1.63. The number of halogens is 1. The molecule has 6 N–H and O–H groups in total. The van der Waals surface area contributed by atoms with E-state index in [0.717, 1.165) is 28.7 Å². The van der Waals surface area contributed by atoms with Crippen molar-refractivity contribution in [3.8, 4) is 11.5 Å². The summed E-state index contributed by atoms with van der Waals surface area (Å²) in [5, 5.41) is 11.7. The predicted molar refractivity (Wildman–Crippen MR) is 130 cm³/mol. The van der Waals surface area contributed by atoms with Crippen molar-refractivity contribution in [2.45, 2.75) is 51.8 Å². The van der Waals surface area contributed by atoms with Gasteiger partial charge in [-0.15, -0.1) is 0 Å². The Morgan fingerprint density at radius 2 is 1.94 bits per heavy atom. The molecule has 9 heteroatoms. The normalized spacial score (nSPS) is 19.9. The molecule has 0 radical (unpaired) electrons. The molecule has 3 aromatic rings. The number of aryl methyl sites for hydroxylation is 2. The minimum atomic E-state index is -0.490. The third kappa shape index (κ3) is 4.76. The Bertz CT molecular complexity index is 1180. The average Bonchev–Trinajstić information content (AvgIpc) is 3.40. The summed E-state index contributed by atoms with van der Waals surface area (Å²) >= 11 is 5.96. The number of benzene rings is 2. The van der Waals surface area contributed by atoms with Gasteiger partial charge in [-0.25, -0.2) is 11.3 Å². The van der Waals surface area contributed by atoms with E-state index in [1.807, 2.05) is 51.1 Å². The lowest BCUT2D eigenvalue weighted by molar-refractivity contribution is 0.0924. The first-order chi connectivity index (χ1) is 16.3. The molecular weight excluding hydrogens is 456 g/mol. The Hall–Kier alpha value is -3.04. The summed E-state index contributed by atoms with van der Waals surface area (Å²) in [5.74, 6) is 6.22. The fourth-order valence-electron chi connectivity index (χ4n) is 4.45. The number of nitrogens with two attached hydrogens (primary N) is 1. The van der Waals surface area contributed by atoms with Gasteiger partial charge in [-0.1, -0.05) is 30.7 Å². The van der Waals surface area contributed by atoms with Crippen molar-refractivity contribution in [2.75, 3.05) is 0 Å². The molecule has 1 aliphatic rings. The zero-order valence-electron chi connectivity index (χ0n) is 19.3. The number of nitrogen functional groups attached to an aromatic ring is 1. The molecule has 4 rings (SSSR count). The summed E-state index contributed by atoms with van der Waals surface area (Å²) in [6, 6.07) is 12.6. The maximum atomic E-state index is 12.0. The first kappa shape index (κ1) is 24.1. The van der Waals surface area contributed by atoms with Gasteiger partial charge in [-0.05, 0) is 55.7 Å². The van der Waals surface area contributed by atoms with Gasteiger partial charge in [0.2, 0.25) is 0 Å². The molecule has 0 aliphatic carbocycles. The number of carbonyl (C=O) groups is 1. The van der Waals surface area contributed by atoms with Crippen LogP contribution in [0.5, 0.6) is 11.5 Å². The Labute approximate surface area is 203 Å². The van der Waals surface area contributed by atoms with Gasteiger partial charge in [0, 0.05) is 34.2 Å². The number of rotatable bonds is 7. The molecule has 1 fully saturated rings. The van der Waals surface area contributed by atoms with E-state index in [1.54, 1.807) is 12.1 Å². The second-order valence-electron chi connectivity index (χ2n) is 8.46. The molecule has 0 saturated carbocycles. The molecule has 2 aromatic carbocycles. The Kier molecular flexibility index (Phi) is 7.13. The second-order valence-corrected chi connectivity index (χ2v) is 8.90. The van der Waals surface area contributed by atoms with Gasteiger partial charge in [0.15, 0.2) is 5.76 Å². The molecule has 0 spiro atoms. The number of hydrazine groups is 2. The largest absolute Gasteiger partial charge is 0.507 e. The highest BCUT2D eigenvalue weighted by molar-refractivity contribution is 6.30. The van der Waals surface area contributed by atoms with E-state index in [-0.39, 0.29) is 29.5 Å². The van der Waals surface area contributed by atoms with Crippen LogP contribution in [0.1, 0.15) is 64.4 Å². The van der Waals surface area contributed by atoms with E-state index >= 15 is 0 Å². The third-order valence-electron chi connectivity index (χ3n) is 6.27. The van der Waals surface area contributed by atoms with Gasteiger partial charge in [-0.3, -0.25) is 15.6 Å². The first-order valence-electron chi connectivity index (χ1n) is 11.2. The molecule has 0 bridgehead atoms. The van der Waals surface area contributed by atoms with Crippen molar-refractivity contribution in [3.63, 3.8) is 0 Å². The van der Waals surface area contributed by atoms with E-state index in [2.05, 4.69) is 16.3 Å². The monoisotopic (exact) mass is 484 g/mol. The Morgan fingerprint density at radius 1 is 1.21 bits per heavy atom. The first-order valence-corrected chi connectivity index (χ1v) is 11.6. The standard InChI is InChI=1S/C25H29ClN4O4/c1-4-16-9-19(20(31)11-21(16)33-12-15-5-7-17(26)8-6-15)24-23(13(2)29-30-24)18-10-22(25(32)28-27)34-14(18)3/h5-11,13,23-24,29-31H,4,12,27H2,1-3H3,(H,28,32). The van der Waals surface area contributed by atoms with E-state index in [4.69, 9.17) is 26.6 Å². The molecule has 1 saturated heterocycles. The van der Waals surface area contributed by atoms with Crippen LogP contribution in [0.15, 0.2) is 46.9 Å². The number of phenols is 1. The average molecular weight is 485 g/mol. The molecule has 2 heterocycles. The van der Waals surface area contributed by atoms with Crippen LogP contribution in [0.2, 0.25) is 5.02 Å². The maximum Gasteiger partial charge on any atom is 0.300 e. The van der Waals surface area contributed by atoms with Gasteiger partial charge in [0.05, 0.1) is 6.04 Å². The number of nitrogens with one attached hydrogen (secondary N) is 3. The predicted octanol–water partition coefficient (Wildman–Crippen LogP) is 4.01. The zero-order valence-corrected chi connectivity index (χ0v) is 20.1. The number of ether oxygens (including phenoxy) is 1. The van der Waals surface area contributed by atoms with Crippen molar-refractivity contribution in [1.82, 2.24) is 16.3 Å². The van der Waals surface area contributed by atoms with Crippen molar-refractivity contribution in [2.24, 2.45) is 5.84 Å². The SMILES string of the molecule is CCc1cc(C2NNC(C)C2c2cc(C(=O)NN)oc2C)c(O)cc1OCc1ccc(Cl)cc1. The summed E-state index contributed by atoms with van der Waals surface area (Å²) in [4.78, 5) is 12.0. The molecule has 1 aliphatic heterocycles. The summed E-state index contributed by atoms with van der Waals surface area (Å²) in [7, 11) is 0. The smallest absolute Gasteiger partial charge is 0.300 e. The number of phenolic OH excluding ortho intramolecular Hbond substituents is 1. The minimum Gasteiger partial charge on any atom is -0.507 e. The van der Waals surface area contributed by atoms with Crippen LogP contribution in [-0.4, -0.2) is 17.1 Å². The van der Waals surface area contributed by atoms with Crippen LogP contribution in [0, 0.1) is 6.92 Å². The number of amides is 1. The molecule has 3 unspecified atom stereocenters. The van der Waals surface area contributed by atoms with Gasteiger partial charge >= 0.3 is 5.91 Å². The molecule has 180 valence electrons. The highest BCUT2D eigenvalue weighted by Crippen LogP contribution is 2.44. The van der Waals surface area contributed by atoms with Crippen LogP contribution >= 0.6 is 11.6 Å². The zero-order chi connectivity index (χ0) is 24.4. The van der Waals surface area contributed by atoms with E-state index in [1.165, 1.54) is 0 Å². The molecule has 34 heavy (non-hydrogen) atoms. The number of hydrogen-bond donors (Lipinski definition) is 5. The highest BCUT2D eigenvalue weighted by atomic mass is 35.5. The number of hydrogen-bond acceptors (Lipinski definition) is 7. The quantitative estimate of drug-likeness (QED) is 0.195. The van der Waals surface area contributed by atoms with E-state index < -0.39 is 5.91 Å². The summed E-state index contributed by atoms with van der Waals surface area (Å²) < 4.78 is 11.7. The molecule has 8 nitrogen and oxygen atoms in total. The van der Waals surface area contributed by atoms with Crippen LogP contribution < -0.4 is 26.9 Å². The highest BCUT2D eigenvalue weighted by Gasteiger charge is 2.39. The molecular formula is C25H29ClN4O4. The van der Waals surface area contributed by atoms with Gasteiger partial charge in [-0.2, -0.15) is 0 Å². The third-order valence-corrected chi connectivity index (χ3v) is 6.52. The van der Waals surface area contributed by atoms with Crippen LogP contribution in [0.3, 0.4) is 0 Å². The number of carbonyl (C=O) groups excluding carboxylic acids is 1. The van der Waals surface area contributed by atoms with Crippen LogP contribution in [0.25, 0.3) is 0 Å². The second kappa shape index (κ2) is 10.1. The van der Waals surface area contributed by atoms with Gasteiger partial charge < -0.3 is 14.3 Å². The van der Waals surface area contributed by atoms with Crippen molar-refractivity contribution >= 4 is 17.5 Å². The van der Waals surface area contributed by atoms with Gasteiger partial charge in [0.1, 0.15) is 23.9 Å². The fraction of sp³-hybridized carbons (Fsp3) is 0.320. The fourth-order valence-corrected chi connectivity index (χ4v) is 4.58. The topological polar surface area (TPSA) is 122 Å². The maximum absolute atomic E-state index is 12.0. The lowest BCUT2D eigenvalue weighted by Crippen LogP contribution is -2.29. The lowest BCUT2D eigenvalue weighted by Gasteiger charge is -2.23. The van der Waals surface area contributed by atoms with Crippen LogP contribution in [-0.2, 0) is 13.0 Å². The van der Waals surface area contributed by atoms with Crippen molar-refractivity contribution in [3.05, 3.63) is 81.3 Å². The molecule has 1 amide bonds. The van der Waals surface area contributed by atoms with Gasteiger partial charge in [0.25, 0.3) is 0 Å². The molecule has 1 aromatic heterocycles. The van der Waals surface area contributed by atoms with E-state index in [0.29, 0.717) is 23.1 Å². The summed E-state index contributed by atoms with van der Waals surface area (Å²) in [6.45, 7) is 6.26. The number of aromatic hydroxyl groups is 1. The lowest BCUT2D eigenvalue weighted by atomic mass is 9.83. The minimum absolute atomic E-state index is 0.0143. The molecule has 3 atom stereocenters. The number of furan rings is 1. The summed E-state index contributed by atoms with van der Waals surface area (Å²) in [6.07, 6.45) is 0.731. The van der Waals surface area contributed by atoms with E-state index in [9.17, 15) is 9.90 Å². The Morgan fingerprint density at radius 3 is 2.62 bits per heavy atom. The summed E-state index contributed by atoms with van der Waals surface area (Å²) in [5.41, 5.74) is 12.2. The van der Waals surface area contributed by atoms with Crippen LogP contribution in [0.4, 0.5) is 0 Å². The van der Waals surface area contributed by atoms with Crippen molar-refractivity contribution in [1.29, 1.82) is 0 Å².